The number of rotatable bonds is 4. The van der Waals surface area contributed by atoms with Crippen LogP contribution in [0.2, 0.25) is 0 Å². The van der Waals surface area contributed by atoms with E-state index in [0.29, 0.717) is 37.7 Å². The first-order chi connectivity index (χ1) is 8.98. The van der Waals surface area contributed by atoms with Crippen molar-refractivity contribution < 1.29 is 13.2 Å². The van der Waals surface area contributed by atoms with E-state index in [4.69, 9.17) is 10.5 Å². The van der Waals surface area contributed by atoms with Crippen molar-refractivity contribution >= 4 is 10.0 Å². The van der Waals surface area contributed by atoms with Crippen LogP contribution in [0.4, 0.5) is 0 Å². The highest BCUT2D eigenvalue weighted by Gasteiger charge is 2.30. The molecule has 2 heterocycles. The Hall–Kier alpha value is -0.890. The summed E-state index contributed by atoms with van der Waals surface area (Å²) in [6.45, 7) is 6.14. The fraction of sp³-hybridized carbons (Fsp3) is 0.667. The van der Waals surface area contributed by atoms with E-state index in [9.17, 15) is 8.42 Å². The van der Waals surface area contributed by atoms with Crippen LogP contribution in [0.15, 0.2) is 17.2 Å². The molecule has 7 heteroatoms. The summed E-state index contributed by atoms with van der Waals surface area (Å²) in [4.78, 5) is 0.323. The molecule has 19 heavy (non-hydrogen) atoms. The summed E-state index contributed by atoms with van der Waals surface area (Å²) in [5.74, 6) is 0. The van der Waals surface area contributed by atoms with Crippen molar-refractivity contribution in [1.82, 2.24) is 8.87 Å². The van der Waals surface area contributed by atoms with Gasteiger partial charge in [-0.3, -0.25) is 0 Å². The molecule has 0 saturated carbocycles. The molecule has 1 aromatic heterocycles. The minimum atomic E-state index is -3.44. The first-order valence-corrected chi connectivity index (χ1v) is 7.94. The Morgan fingerprint density at radius 1 is 1.53 bits per heavy atom. The molecule has 0 bridgehead atoms. The fourth-order valence-corrected chi connectivity index (χ4v) is 3.85. The lowest BCUT2D eigenvalue weighted by Crippen LogP contribution is -2.44. The number of hydrogen-bond acceptors (Lipinski definition) is 4. The summed E-state index contributed by atoms with van der Waals surface area (Å²) in [6.07, 6.45) is 1.60. The maximum atomic E-state index is 12.5. The Kier molecular flexibility index (Phi) is 4.29. The Bertz CT molecular complexity index is 517. The normalized spacial score (nSPS) is 21.7. The molecule has 1 aliphatic heterocycles. The molecule has 0 aliphatic carbocycles. The lowest BCUT2D eigenvalue weighted by Gasteiger charge is -2.29. The Balaban J connectivity index is 2.31. The van der Waals surface area contributed by atoms with Crippen LogP contribution < -0.4 is 5.73 Å². The molecular weight excluding hydrogens is 266 g/mol. The highest BCUT2D eigenvalue weighted by Crippen LogP contribution is 2.21. The molecule has 108 valence electrons. The zero-order chi connectivity index (χ0) is 14.0. The van der Waals surface area contributed by atoms with E-state index in [0.717, 1.165) is 5.69 Å². The first-order valence-electron chi connectivity index (χ1n) is 6.50. The lowest BCUT2D eigenvalue weighted by atomic mass is 10.3. The number of nitrogens with zero attached hydrogens (tertiary/aromatic N) is 2. The number of aryl methyl sites for hydroxylation is 1. The third-order valence-electron chi connectivity index (χ3n) is 3.35. The molecule has 1 aromatic rings. The highest BCUT2D eigenvalue weighted by molar-refractivity contribution is 7.89. The van der Waals surface area contributed by atoms with E-state index < -0.39 is 10.0 Å². The molecule has 1 aliphatic rings. The van der Waals surface area contributed by atoms with Gasteiger partial charge in [-0.2, -0.15) is 4.31 Å². The van der Waals surface area contributed by atoms with E-state index in [1.165, 1.54) is 4.31 Å². The van der Waals surface area contributed by atoms with E-state index in [1.807, 2.05) is 18.4 Å². The summed E-state index contributed by atoms with van der Waals surface area (Å²) in [6, 6.07) is 1.67. The summed E-state index contributed by atoms with van der Waals surface area (Å²) >= 11 is 0. The van der Waals surface area contributed by atoms with Crippen molar-refractivity contribution in [2.75, 3.05) is 19.7 Å². The first kappa shape index (κ1) is 14.5. The third-order valence-corrected chi connectivity index (χ3v) is 5.18. The van der Waals surface area contributed by atoms with Crippen LogP contribution in [0, 0.1) is 0 Å². The van der Waals surface area contributed by atoms with Gasteiger partial charge >= 0.3 is 0 Å². The second kappa shape index (κ2) is 5.62. The molecular formula is C12H21N3O3S. The van der Waals surface area contributed by atoms with Crippen molar-refractivity contribution in [3.8, 4) is 0 Å². The van der Waals surface area contributed by atoms with Crippen molar-refractivity contribution in [2.24, 2.45) is 5.73 Å². The largest absolute Gasteiger partial charge is 0.376 e. The van der Waals surface area contributed by atoms with Crippen LogP contribution in [-0.4, -0.2) is 43.1 Å². The fourth-order valence-electron chi connectivity index (χ4n) is 2.29. The minimum absolute atomic E-state index is 0.0641. The molecule has 0 amide bonds. The van der Waals surface area contributed by atoms with Gasteiger partial charge in [-0.25, -0.2) is 8.42 Å². The van der Waals surface area contributed by atoms with Gasteiger partial charge in [0.2, 0.25) is 10.0 Å². The van der Waals surface area contributed by atoms with Gasteiger partial charge in [-0.1, -0.05) is 0 Å². The molecule has 0 radical (unpaired) electrons. The van der Waals surface area contributed by atoms with Gasteiger partial charge in [0.15, 0.2) is 0 Å². The third kappa shape index (κ3) is 2.84. The van der Waals surface area contributed by atoms with Crippen LogP contribution in [0.3, 0.4) is 0 Å². The summed E-state index contributed by atoms with van der Waals surface area (Å²) in [7, 11) is -3.44. The predicted molar refractivity (Wildman–Crippen MR) is 72.2 cm³/mol. The molecule has 1 atom stereocenters. The molecule has 2 rings (SSSR count). The second-order valence-electron chi connectivity index (χ2n) is 4.70. The average Bonchev–Trinajstić information content (AvgIpc) is 2.82. The number of hydrogen-bond donors (Lipinski definition) is 1. The van der Waals surface area contributed by atoms with E-state index in [-0.39, 0.29) is 6.10 Å². The van der Waals surface area contributed by atoms with E-state index in [1.54, 1.807) is 12.3 Å². The predicted octanol–water partition coefficient (Wildman–Crippen LogP) is 0.376. The number of morpholine rings is 1. The number of sulfonamides is 1. The van der Waals surface area contributed by atoms with E-state index >= 15 is 0 Å². The zero-order valence-electron chi connectivity index (χ0n) is 11.4. The monoisotopic (exact) mass is 287 g/mol. The van der Waals surface area contributed by atoms with Crippen LogP contribution >= 0.6 is 0 Å². The van der Waals surface area contributed by atoms with Gasteiger partial charge in [-0.15, -0.1) is 0 Å². The zero-order valence-corrected chi connectivity index (χ0v) is 12.2. The van der Waals surface area contributed by atoms with Crippen LogP contribution in [0.5, 0.6) is 0 Å². The molecule has 1 fully saturated rings. The molecule has 6 nitrogen and oxygen atoms in total. The maximum Gasteiger partial charge on any atom is 0.244 e. The minimum Gasteiger partial charge on any atom is -0.376 e. The van der Waals surface area contributed by atoms with Crippen LogP contribution in [0.25, 0.3) is 0 Å². The van der Waals surface area contributed by atoms with Gasteiger partial charge in [0.05, 0.1) is 12.7 Å². The summed E-state index contributed by atoms with van der Waals surface area (Å²) < 4.78 is 33.8. The smallest absolute Gasteiger partial charge is 0.244 e. The quantitative estimate of drug-likeness (QED) is 0.868. The molecule has 1 saturated heterocycles. The van der Waals surface area contributed by atoms with Crippen molar-refractivity contribution in [2.45, 2.75) is 37.9 Å². The lowest BCUT2D eigenvalue weighted by molar-refractivity contribution is 0.0102. The number of aromatic nitrogens is 1. The van der Waals surface area contributed by atoms with Gasteiger partial charge < -0.3 is 15.0 Å². The SMILES string of the molecule is CCn1cc(S(=O)(=O)N2CCOC(C)C2)cc1CN. The van der Waals surface area contributed by atoms with Gasteiger partial charge in [0.25, 0.3) is 0 Å². The Morgan fingerprint density at radius 3 is 2.79 bits per heavy atom. The molecule has 2 N–H and O–H groups in total. The summed E-state index contributed by atoms with van der Waals surface area (Å²) in [5.41, 5.74) is 6.47. The van der Waals surface area contributed by atoms with Crippen molar-refractivity contribution in [3.05, 3.63) is 18.0 Å². The average molecular weight is 287 g/mol. The van der Waals surface area contributed by atoms with Gasteiger partial charge in [-0.05, 0) is 19.9 Å². The van der Waals surface area contributed by atoms with Crippen LogP contribution in [-0.2, 0) is 27.8 Å². The second-order valence-corrected chi connectivity index (χ2v) is 6.64. The summed E-state index contributed by atoms with van der Waals surface area (Å²) in [5, 5.41) is 0. The van der Waals surface area contributed by atoms with Crippen LogP contribution in [0.1, 0.15) is 19.5 Å². The van der Waals surface area contributed by atoms with Gasteiger partial charge in [0.1, 0.15) is 4.90 Å². The number of nitrogens with two attached hydrogens (primary N) is 1. The Labute approximate surface area is 114 Å². The van der Waals surface area contributed by atoms with Crippen molar-refractivity contribution in [3.63, 3.8) is 0 Å². The molecule has 0 spiro atoms. The maximum absolute atomic E-state index is 12.5. The van der Waals surface area contributed by atoms with Gasteiger partial charge in [0, 0.05) is 38.1 Å². The van der Waals surface area contributed by atoms with Crippen molar-refractivity contribution in [1.29, 1.82) is 0 Å². The Morgan fingerprint density at radius 2 is 2.26 bits per heavy atom. The number of ether oxygens (including phenoxy) is 1. The standard InChI is InChI=1S/C12H21N3O3S/c1-3-14-9-12(6-11(14)7-13)19(16,17)15-4-5-18-10(2)8-15/h6,9-10H,3-5,7-8,13H2,1-2H3. The molecule has 1 unspecified atom stereocenters. The topological polar surface area (TPSA) is 77.6 Å². The molecule has 0 aromatic carbocycles. The van der Waals surface area contributed by atoms with E-state index in [2.05, 4.69) is 0 Å². The highest BCUT2D eigenvalue weighted by atomic mass is 32.2.